The number of rotatable bonds is 6. The average molecular weight is 218 g/mol. The molecule has 0 saturated carbocycles. The lowest BCUT2D eigenvalue weighted by Crippen LogP contribution is -2.01. The Hall–Kier alpha value is -1.46. The molecule has 16 heavy (non-hydrogen) atoms. The maximum absolute atomic E-state index is 9.17. The second-order valence-corrected chi connectivity index (χ2v) is 3.83. The summed E-state index contributed by atoms with van der Waals surface area (Å²) < 4.78 is 5.44. The number of terminal acetylenes is 1. The fraction of sp³-hybridized carbons (Fsp3) is 0.429. The SMILES string of the molecule is C#CCCOc1ccc(CCC(C)O)cc1. The zero-order chi connectivity index (χ0) is 11.8. The highest BCUT2D eigenvalue weighted by Gasteiger charge is 1.98. The molecule has 0 spiro atoms. The molecule has 0 fully saturated rings. The van der Waals surface area contributed by atoms with Gasteiger partial charge in [-0.05, 0) is 37.5 Å². The maximum atomic E-state index is 9.17. The lowest BCUT2D eigenvalue weighted by Gasteiger charge is -2.06. The van der Waals surface area contributed by atoms with Crippen molar-refractivity contribution in [3.63, 3.8) is 0 Å². The van der Waals surface area contributed by atoms with Crippen LogP contribution in [0.25, 0.3) is 0 Å². The lowest BCUT2D eigenvalue weighted by atomic mass is 10.1. The summed E-state index contributed by atoms with van der Waals surface area (Å²) in [5.41, 5.74) is 1.21. The van der Waals surface area contributed by atoms with Gasteiger partial charge < -0.3 is 9.84 Å². The molecule has 1 N–H and O–H groups in total. The van der Waals surface area contributed by atoms with E-state index in [-0.39, 0.29) is 6.10 Å². The number of ether oxygens (including phenoxy) is 1. The van der Waals surface area contributed by atoms with Gasteiger partial charge >= 0.3 is 0 Å². The Kier molecular flexibility index (Phi) is 5.45. The molecule has 1 atom stereocenters. The predicted octanol–water partition coefficient (Wildman–Crippen LogP) is 2.40. The van der Waals surface area contributed by atoms with Gasteiger partial charge in [0.15, 0.2) is 0 Å². The van der Waals surface area contributed by atoms with Crippen molar-refractivity contribution in [3.8, 4) is 18.1 Å². The lowest BCUT2D eigenvalue weighted by molar-refractivity contribution is 0.185. The van der Waals surface area contributed by atoms with Crippen LogP contribution in [0.3, 0.4) is 0 Å². The standard InChI is InChI=1S/C14H18O2/c1-3-4-11-16-14-9-7-13(8-10-14)6-5-12(2)15/h1,7-10,12,15H,4-6,11H2,2H3. The molecule has 0 heterocycles. The highest BCUT2D eigenvalue weighted by molar-refractivity contribution is 5.27. The second kappa shape index (κ2) is 6.92. The largest absolute Gasteiger partial charge is 0.493 e. The summed E-state index contributed by atoms with van der Waals surface area (Å²) in [5, 5.41) is 9.17. The topological polar surface area (TPSA) is 29.5 Å². The molecule has 0 aliphatic rings. The van der Waals surface area contributed by atoms with Crippen LogP contribution in [-0.4, -0.2) is 17.8 Å². The molecule has 0 saturated heterocycles. The monoisotopic (exact) mass is 218 g/mol. The van der Waals surface area contributed by atoms with E-state index >= 15 is 0 Å². The van der Waals surface area contributed by atoms with Gasteiger partial charge in [0.05, 0.1) is 12.7 Å². The predicted molar refractivity (Wildman–Crippen MR) is 65.4 cm³/mol. The van der Waals surface area contributed by atoms with Crippen LogP contribution < -0.4 is 4.74 Å². The molecule has 1 unspecified atom stereocenters. The molecular formula is C14H18O2. The van der Waals surface area contributed by atoms with Gasteiger partial charge in [0, 0.05) is 6.42 Å². The summed E-state index contributed by atoms with van der Waals surface area (Å²) in [4.78, 5) is 0. The third-order valence-corrected chi connectivity index (χ3v) is 2.29. The highest BCUT2D eigenvalue weighted by atomic mass is 16.5. The number of hydrogen-bond acceptors (Lipinski definition) is 2. The van der Waals surface area contributed by atoms with Crippen LogP contribution >= 0.6 is 0 Å². The molecule has 1 aromatic rings. The van der Waals surface area contributed by atoms with Crippen LogP contribution in [0, 0.1) is 12.3 Å². The van der Waals surface area contributed by atoms with Gasteiger partial charge in [-0.1, -0.05) is 12.1 Å². The number of aryl methyl sites for hydroxylation is 1. The first-order valence-corrected chi connectivity index (χ1v) is 5.55. The van der Waals surface area contributed by atoms with E-state index in [0.29, 0.717) is 13.0 Å². The molecule has 0 aliphatic carbocycles. The van der Waals surface area contributed by atoms with Crippen molar-refractivity contribution in [3.05, 3.63) is 29.8 Å². The van der Waals surface area contributed by atoms with Gasteiger partial charge in [0.2, 0.25) is 0 Å². The fourth-order valence-corrected chi connectivity index (χ4v) is 1.36. The molecule has 86 valence electrons. The molecule has 0 radical (unpaired) electrons. The minimum absolute atomic E-state index is 0.244. The third-order valence-electron chi connectivity index (χ3n) is 2.29. The molecule has 0 aromatic heterocycles. The Balaban J connectivity index is 2.39. The van der Waals surface area contributed by atoms with Gasteiger partial charge in [-0.25, -0.2) is 0 Å². The van der Waals surface area contributed by atoms with Crippen LogP contribution in [0.2, 0.25) is 0 Å². The average Bonchev–Trinajstić information content (AvgIpc) is 2.28. The van der Waals surface area contributed by atoms with Gasteiger partial charge in [-0.2, -0.15) is 0 Å². The third kappa shape index (κ3) is 4.86. The number of aliphatic hydroxyl groups is 1. The summed E-state index contributed by atoms with van der Waals surface area (Å²) in [6, 6.07) is 7.92. The first-order valence-electron chi connectivity index (χ1n) is 5.55. The Morgan fingerprint density at radius 3 is 2.62 bits per heavy atom. The van der Waals surface area contributed by atoms with E-state index < -0.39 is 0 Å². The van der Waals surface area contributed by atoms with Crippen LogP contribution in [0.15, 0.2) is 24.3 Å². The highest BCUT2D eigenvalue weighted by Crippen LogP contribution is 2.14. The summed E-state index contributed by atoms with van der Waals surface area (Å²) >= 11 is 0. The molecule has 0 amide bonds. The van der Waals surface area contributed by atoms with Crippen molar-refractivity contribution in [1.29, 1.82) is 0 Å². The summed E-state index contributed by atoms with van der Waals surface area (Å²) in [6.45, 7) is 2.36. The number of aliphatic hydroxyl groups excluding tert-OH is 1. The molecular weight excluding hydrogens is 200 g/mol. The van der Waals surface area contributed by atoms with E-state index in [4.69, 9.17) is 16.3 Å². The van der Waals surface area contributed by atoms with Crippen molar-refractivity contribution in [1.82, 2.24) is 0 Å². The van der Waals surface area contributed by atoms with Gasteiger partial charge in [0.25, 0.3) is 0 Å². The van der Waals surface area contributed by atoms with Crippen molar-refractivity contribution in [2.24, 2.45) is 0 Å². The van der Waals surface area contributed by atoms with E-state index in [1.54, 1.807) is 6.92 Å². The van der Waals surface area contributed by atoms with E-state index in [0.717, 1.165) is 18.6 Å². The van der Waals surface area contributed by atoms with Crippen LogP contribution in [0.5, 0.6) is 5.75 Å². The zero-order valence-electron chi connectivity index (χ0n) is 9.65. The maximum Gasteiger partial charge on any atom is 0.119 e. The fourth-order valence-electron chi connectivity index (χ4n) is 1.36. The van der Waals surface area contributed by atoms with Crippen LogP contribution in [0.4, 0.5) is 0 Å². The molecule has 2 nitrogen and oxygen atoms in total. The quantitative estimate of drug-likeness (QED) is 0.587. The molecule has 1 aromatic carbocycles. The minimum atomic E-state index is -0.244. The molecule has 2 heteroatoms. The first-order chi connectivity index (χ1) is 7.72. The summed E-state index contributed by atoms with van der Waals surface area (Å²) in [5.74, 6) is 3.37. The van der Waals surface area contributed by atoms with Crippen LogP contribution in [0.1, 0.15) is 25.3 Å². The van der Waals surface area contributed by atoms with Crippen molar-refractivity contribution >= 4 is 0 Å². The normalized spacial score (nSPS) is 11.8. The second-order valence-electron chi connectivity index (χ2n) is 3.83. The van der Waals surface area contributed by atoms with Crippen LogP contribution in [-0.2, 0) is 6.42 Å². The zero-order valence-corrected chi connectivity index (χ0v) is 9.65. The van der Waals surface area contributed by atoms with Crippen molar-refractivity contribution < 1.29 is 9.84 Å². The Morgan fingerprint density at radius 2 is 2.06 bits per heavy atom. The minimum Gasteiger partial charge on any atom is -0.493 e. The first kappa shape index (κ1) is 12.6. The summed E-state index contributed by atoms with van der Waals surface area (Å²) in [7, 11) is 0. The summed E-state index contributed by atoms with van der Waals surface area (Å²) in [6.07, 6.45) is 7.20. The van der Waals surface area contributed by atoms with Gasteiger partial charge in [0.1, 0.15) is 5.75 Å². The molecule has 0 bridgehead atoms. The number of benzene rings is 1. The van der Waals surface area contributed by atoms with E-state index in [1.807, 2.05) is 24.3 Å². The smallest absolute Gasteiger partial charge is 0.119 e. The van der Waals surface area contributed by atoms with Crippen molar-refractivity contribution in [2.45, 2.75) is 32.3 Å². The Morgan fingerprint density at radius 1 is 1.38 bits per heavy atom. The van der Waals surface area contributed by atoms with E-state index in [9.17, 15) is 0 Å². The molecule has 1 rings (SSSR count). The van der Waals surface area contributed by atoms with Crippen molar-refractivity contribution in [2.75, 3.05) is 6.61 Å². The van der Waals surface area contributed by atoms with Gasteiger partial charge in [-0.3, -0.25) is 0 Å². The Labute approximate surface area is 97.3 Å². The van der Waals surface area contributed by atoms with E-state index in [2.05, 4.69) is 5.92 Å². The molecule has 0 aliphatic heterocycles. The Bertz CT molecular complexity index is 333. The number of hydrogen-bond donors (Lipinski definition) is 1. The van der Waals surface area contributed by atoms with Gasteiger partial charge in [-0.15, -0.1) is 12.3 Å². The van der Waals surface area contributed by atoms with E-state index in [1.165, 1.54) is 5.56 Å².